The van der Waals surface area contributed by atoms with Crippen LogP contribution in [-0.4, -0.2) is 19.8 Å². The van der Waals surface area contributed by atoms with Crippen LogP contribution in [0.4, 0.5) is 17.1 Å². The molecule has 5 atom stereocenters. The van der Waals surface area contributed by atoms with Crippen LogP contribution in [0.25, 0.3) is 0 Å². The van der Waals surface area contributed by atoms with Gasteiger partial charge in [-0.25, -0.2) is 0 Å². The van der Waals surface area contributed by atoms with Crippen LogP contribution >= 0.6 is 0 Å². The third kappa shape index (κ3) is 4.02. The molecule has 0 amide bonds. The summed E-state index contributed by atoms with van der Waals surface area (Å²) in [7, 11) is 2.58. The van der Waals surface area contributed by atoms with E-state index in [4.69, 9.17) is 0 Å². The Bertz CT molecular complexity index is 1450. The summed E-state index contributed by atoms with van der Waals surface area (Å²) in [5.41, 5.74) is 9.28. The molecule has 0 N–H and O–H groups in total. The predicted octanol–water partition coefficient (Wildman–Crippen LogP) is 12.3. The Hall–Kier alpha value is -2.06. The number of benzene rings is 2. The van der Waals surface area contributed by atoms with Crippen LogP contribution in [0.3, 0.4) is 0 Å². The maximum atomic E-state index is 4.67. The summed E-state index contributed by atoms with van der Waals surface area (Å²) >= 11 is 0. The van der Waals surface area contributed by atoms with Crippen molar-refractivity contribution in [1.82, 2.24) is 4.48 Å². The Balaban J connectivity index is 1.89. The molecular weight excluding hydrogens is 544 g/mol. The zero-order chi connectivity index (χ0) is 33.4. The summed E-state index contributed by atoms with van der Waals surface area (Å²) in [6.07, 6.45) is 12.4. The molecule has 2 aromatic carbocycles. The lowest BCUT2D eigenvalue weighted by molar-refractivity contribution is -0.0667. The SMILES string of the molecule is C=CC1(CC)C2N(c3ccccc3C1(C)CC)c1cc3c(cc1[N+]2(C)CCCC)C(C)(C)C(C)(CCCCC)C(C)(C)C3(C)C. The van der Waals surface area contributed by atoms with Crippen LogP contribution in [0.15, 0.2) is 49.1 Å². The molecule has 2 heteroatoms. The van der Waals surface area contributed by atoms with Crippen molar-refractivity contribution >= 4 is 17.1 Å². The van der Waals surface area contributed by atoms with Crippen molar-refractivity contribution < 1.29 is 0 Å². The largest absolute Gasteiger partial charge is 0.285 e. The van der Waals surface area contributed by atoms with Gasteiger partial charge in [-0.15, -0.1) is 6.58 Å². The molecule has 0 spiro atoms. The minimum atomic E-state index is -0.0862. The van der Waals surface area contributed by atoms with Crippen LogP contribution in [0.2, 0.25) is 0 Å². The van der Waals surface area contributed by atoms with Gasteiger partial charge in [-0.2, -0.15) is 0 Å². The van der Waals surface area contributed by atoms with Crippen LogP contribution in [-0.2, 0) is 16.2 Å². The molecule has 0 fully saturated rings. The zero-order valence-electron chi connectivity index (χ0n) is 31.6. The van der Waals surface area contributed by atoms with E-state index in [2.05, 4.69) is 144 Å². The quantitative estimate of drug-likeness (QED) is 0.147. The molecule has 3 aliphatic rings. The van der Waals surface area contributed by atoms with Gasteiger partial charge in [0, 0.05) is 11.5 Å². The molecule has 5 rings (SSSR count). The van der Waals surface area contributed by atoms with Gasteiger partial charge in [0.05, 0.1) is 24.7 Å². The maximum Gasteiger partial charge on any atom is 0.183 e. The van der Waals surface area contributed by atoms with Crippen LogP contribution in [0.5, 0.6) is 0 Å². The van der Waals surface area contributed by atoms with Gasteiger partial charge in [0.15, 0.2) is 11.9 Å². The van der Waals surface area contributed by atoms with Crippen molar-refractivity contribution in [3.63, 3.8) is 0 Å². The Morgan fingerprint density at radius 3 is 1.96 bits per heavy atom. The van der Waals surface area contributed by atoms with Crippen molar-refractivity contribution in [2.45, 2.75) is 157 Å². The Morgan fingerprint density at radius 2 is 1.38 bits per heavy atom. The van der Waals surface area contributed by atoms with E-state index in [0.717, 1.165) is 23.9 Å². The molecule has 248 valence electrons. The second kappa shape index (κ2) is 11.0. The van der Waals surface area contributed by atoms with Gasteiger partial charge in [0.1, 0.15) is 5.69 Å². The van der Waals surface area contributed by atoms with Gasteiger partial charge < -0.3 is 0 Å². The number of anilines is 2. The summed E-state index contributed by atoms with van der Waals surface area (Å²) < 4.78 is 0.951. The minimum Gasteiger partial charge on any atom is -0.285 e. The minimum absolute atomic E-state index is 0.00692. The van der Waals surface area contributed by atoms with Gasteiger partial charge in [-0.1, -0.05) is 133 Å². The van der Waals surface area contributed by atoms with Gasteiger partial charge in [-0.3, -0.25) is 9.38 Å². The van der Waals surface area contributed by atoms with Crippen LogP contribution < -0.4 is 9.38 Å². The number of rotatable bonds is 10. The summed E-state index contributed by atoms with van der Waals surface area (Å²) in [5, 5.41) is 0. The molecule has 2 aromatic rings. The second-order valence-corrected chi connectivity index (χ2v) is 17.4. The van der Waals surface area contributed by atoms with Crippen molar-refractivity contribution in [1.29, 1.82) is 0 Å². The summed E-state index contributed by atoms with van der Waals surface area (Å²) in [4.78, 5) is 2.81. The molecular formula is C43H67N2+. The molecule has 2 nitrogen and oxygen atoms in total. The van der Waals surface area contributed by atoms with Crippen molar-refractivity contribution in [2.24, 2.45) is 16.2 Å². The zero-order valence-corrected chi connectivity index (χ0v) is 31.6. The van der Waals surface area contributed by atoms with E-state index in [9.17, 15) is 0 Å². The molecule has 2 heterocycles. The Labute approximate surface area is 278 Å². The van der Waals surface area contributed by atoms with E-state index in [1.807, 2.05) is 0 Å². The highest BCUT2D eigenvalue weighted by Gasteiger charge is 2.68. The molecule has 0 aromatic heterocycles. The standard InChI is InChI=1S/C43H67N2/c1-15-20-24-27-42(13)39(8,9)33-30-36-35(29-32(33)38(6,7)40(42,10)11)44-34-26-23-22-25-31(34)41(12,17-3)43(18-4,19-5)37(44)45(36,14)28-21-16-2/h18,22-23,25-26,29-30,37H,4,15-17,19-21,24,27-28H2,1-3,5-14H3/q+1. The van der Waals surface area contributed by atoms with Gasteiger partial charge in [-0.05, 0) is 76.2 Å². The second-order valence-electron chi connectivity index (χ2n) is 17.4. The Morgan fingerprint density at radius 1 is 0.756 bits per heavy atom. The highest BCUT2D eigenvalue weighted by Crippen LogP contribution is 2.71. The number of unbranched alkanes of at least 4 members (excludes halogenated alkanes) is 3. The first-order valence-electron chi connectivity index (χ1n) is 18.6. The monoisotopic (exact) mass is 612 g/mol. The number of para-hydroxylation sites is 1. The normalized spacial score (nSPS) is 33.6. The first-order chi connectivity index (χ1) is 21.0. The van der Waals surface area contributed by atoms with E-state index in [-0.39, 0.29) is 38.7 Å². The fourth-order valence-corrected chi connectivity index (χ4v) is 11.2. The van der Waals surface area contributed by atoms with E-state index < -0.39 is 0 Å². The van der Waals surface area contributed by atoms with E-state index in [0.29, 0.717) is 0 Å². The fourth-order valence-electron chi connectivity index (χ4n) is 11.2. The molecule has 0 saturated carbocycles. The lowest BCUT2D eigenvalue weighted by Crippen LogP contribution is -2.70. The first-order valence-corrected chi connectivity index (χ1v) is 18.6. The van der Waals surface area contributed by atoms with Crippen LogP contribution in [0.1, 0.15) is 151 Å². The molecule has 2 aliphatic heterocycles. The fraction of sp³-hybridized carbons (Fsp3) is 0.674. The number of hydrogen-bond acceptors (Lipinski definition) is 1. The number of hydrogen-bond donors (Lipinski definition) is 0. The smallest absolute Gasteiger partial charge is 0.183 e. The lowest BCUT2D eigenvalue weighted by Gasteiger charge is -2.65. The highest BCUT2D eigenvalue weighted by atomic mass is 15.5. The molecule has 0 saturated heterocycles. The maximum absolute atomic E-state index is 4.67. The van der Waals surface area contributed by atoms with Gasteiger partial charge >= 0.3 is 0 Å². The van der Waals surface area contributed by atoms with Crippen molar-refractivity contribution in [2.75, 3.05) is 18.5 Å². The van der Waals surface area contributed by atoms with Crippen molar-refractivity contribution in [3.05, 3.63) is 65.7 Å². The van der Waals surface area contributed by atoms with E-state index in [1.54, 1.807) is 11.1 Å². The Kier molecular flexibility index (Phi) is 8.38. The average molecular weight is 612 g/mol. The molecule has 1 aliphatic carbocycles. The molecule has 45 heavy (non-hydrogen) atoms. The predicted molar refractivity (Wildman–Crippen MR) is 199 cm³/mol. The van der Waals surface area contributed by atoms with Crippen LogP contribution in [0, 0.1) is 16.2 Å². The molecule has 0 radical (unpaired) electrons. The van der Waals surface area contributed by atoms with E-state index >= 15 is 0 Å². The molecule has 5 unspecified atom stereocenters. The van der Waals surface area contributed by atoms with Gasteiger partial charge in [0.2, 0.25) is 0 Å². The highest BCUT2D eigenvalue weighted by molar-refractivity contribution is 5.87. The third-order valence-electron chi connectivity index (χ3n) is 15.5. The number of nitrogens with zero attached hydrogens (tertiary/aromatic N) is 2. The first kappa shape index (κ1) is 34.3. The average Bonchev–Trinajstić information content (AvgIpc) is 3.27. The summed E-state index contributed by atoms with van der Waals surface area (Å²) in [6.45, 7) is 36.0. The third-order valence-corrected chi connectivity index (χ3v) is 15.5. The summed E-state index contributed by atoms with van der Waals surface area (Å²) in [5.74, 6) is 0. The number of fused-ring (bicyclic) bond motifs is 6. The number of quaternary nitrogens is 1. The topological polar surface area (TPSA) is 3.24 Å². The van der Waals surface area contributed by atoms with E-state index in [1.165, 1.54) is 61.2 Å². The van der Waals surface area contributed by atoms with Gasteiger partial charge in [0.25, 0.3) is 0 Å². The summed E-state index contributed by atoms with van der Waals surface area (Å²) in [6, 6.07) is 14.8. The van der Waals surface area contributed by atoms with Crippen molar-refractivity contribution in [3.8, 4) is 0 Å². The molecule has 0 bridgehead atoms. The lowest BCUT2D eigenvalue weighted by atomic mass is 9.38.